The van der Waals surface area contributed by atoms with Crippen LogP contribution in [0, 0.1) is 0 Å². The number of imidazole rings is 1. The van der Waals surface area contributed by atoms with Crippen LogP contribution in [0.25, 0.3) is 60.2 Å². The highest BCUT2D eigenvalue weighted by Crippen LogP contribution is 2.51. The topological polar surface area (TPSA) is 35.1 Å². The lowest BCUT2D eigenvalue weighted by molar-refractivity contribution is 1.31. The van der Waals surface area contributed by atoms with Crippen molar-refractivity contribution in [3.05, 3.63) is 140 Å². The number of nitrogens with zero attached hydrogens (tertiary/aromatic N) is 4. The molecule has 0 N–H and O–H groups in total. The van der Waals surface area contributed by atoms with Crippen LogP contribution in [0.4, 0.5) is 0 Å². The molecule has 0 spiro atoms. The Hall–Kier alpha value is -4.83. The number of rotatable bonds is 3. The molecule has 0 bridgehead atoms. The van der Waals surface area contributed by atoms with Crippen LogP contribution in [0.3, 0.4) is 0 Å². The van der Waals surface area contributed by atoms with Gasteiger partial charge in [0, 0.05) is 44.5 Å². The lowest BCUT2D eigenvalue weighted by Crippen LogP contribution is -2.21. The van der Waals surface area contributed by atoms with Gasteiger partial charge in [0.05, 0.1) is 33.8 Å². The molecule has 42 heavy (non-hydrogen) atoms. The van der Waals surface area contributed by atoms with Gasteiger partial charge in [0.15, 0.2) is 0 Å². The summed E-state index contributed by atoms with van der Waals surface area (Å²) in [4.78, 5) is 9.62. The molecule has 1 atom stereocenters. The number of pyridine rings is 2. The molecule has 0 radical (unpaired) electrons. The summed E-state index contributed by atoms with van der Waals surface area (Å²) >= 11 is 6.92. The van der Waals surface area contributed by atoms with E-state index in [9.17, 15) is 0 Å². The summed E-state index contributed by atoms with van der Waals surface area (Å²) < 4.78 is 4.72. The number of hydrogen-bond donors (Lipinski definition) is 0. The highest BCUT2D eigenvalue weighted by Gasteiger charge is 2.29. The van der Waals surface area contributed by atoms with E-state index in [1.54, 1.807) is 0 Å². The molecule has 5 aromatic carbocycles. The normalized spacial score (nSPS) is 13.5. The van der Waals surface area contributed by atoms with E-state index in [1.807, 2.05) is 12.4 Å². The molecule has 0 fully saturated rings. The average Bonchev–Trinajstić information content (AvgIpc) is 3.61. The smallest absolute Gasteiger partial charge is 0.146 e. The van der Waals surface area contributed by atoms with E-state index in [2.05, 4.69) is 141 Å². The SMILES string of the molecule is S=P(c1ccncc1)(c1ccc2c(c1)nc1c3ccccc3c3ccccc3n21)n1c2ccccc2c2ccccc21. The predicted octanol–water partition coefficient (Wildman–Crippen LogP) is 8.19. The van der Waals surface area contributed by atoms with Crippen molar-refractivity contribution < 1.29 is 0 Å². The summed E-state index contributed by atoms with van der Waals surface area (Å²) in [5, 5.41) is 8.19. The van der Waals surface area contributed by atoms with Crippen molar-refractivity contribution >= 4 is 88.8 Å². The molecule has 0 amide bonds. The van der Waals surface area contributed by atoms with Crippen molar-refractivity contribution in [2.45, 2.75) is 0 Å². The van der Waals surface area contributed by atoms with Crippen LogP contribution in [-0.4, -0.2) is 18.7 Å². The Morgan fingerprint density at radius 2 is 1.05 bits per heavy atom. The third-order valence-corrected chi connectivity index (χ3v) is 13.2. The van der Waals surface area contributed by atoms with Crippen LogP contribution in [0.1, 0.15) is 0 Å². The first-order valence-corrected chi connectivity index (χ1v) is 16.7. The second-order valence-electron chi connectivity index (χ2n) is 10.6. The van der Waals surface area contributed by atoms with E-state index in [1.165, 1.54) is 21.5 Å². The summed E-state index contributed by atoms with van der Waals surface area (Å²) in [5.41, 5.74) is 6.42. The van der Waals surface area contributed by atoms with Crippen LogP contribution >= 0.6 is 6.19 Å². The second-order valence-corrected chi connectivity index (χ2v) is 14.8. The first-order chi connectivity index (χ1) is 20.7. The van der Waals surface area contributed by atoms with Gasteiger partial charge < -0.3 is 4.34 Å². The van der Waals surface area contributed by atoms with Crippen molar-refractivity contribution in [3.63, 3.8) is 0 Å². The fourth-order valence-corrected chi connectivity index (χ4v) is 10.7. The maximum atomic E-state index is 6.92. The zero-order valence-electron chi connectivity index (χ0n) is 22.4. The van der Waals surface area contributed by atoms with Crippen LogP contribution in [0.5, 0.6) is 0 Å². The third kappa shape index (κ3) is 3.15. The molecule has 198 valence electrons. The molecular formula is C36H23N4PS. The number of aromatic nitrogens is 4. The summed E-state index contributed by atoms with van der Waals surface area (Å²) in [5.74, 6) is 0. The Kier molecular flexibility index (Phi) is 5.01. The number of para-hydroxylation sites is 3. The highest BCUT2D eigenvalue weighted by atomic mass is 32.4. The van der Waals surface area contributed by atoms with E-state index in [0.29, 0.717) is 0 Å². The Labute approximate surface area is 246 Å². The lowest BCUT2D eigenvalue weighted by Gasteiger charge is -2.27. The molecule has 9 aromatic rings. The van der Waals surface area contributed by atoms with Gasteiger partial charge in [0.25, 0.3) is 0 Å². The molecule has 0 aliphatic rings. The van der Waals surface area contributed by atoms with Gasteiger partial charge >= 0.3 is 0 Å². The molecule has 1 unspecified atom stereocenters. The van der Waals surface area contributed by atoms with Crippen molar-refractivity contribution in [1.29, 1.82) is 0 Å². The van der Waals surface area contributed by atoms with Gasteiger partial charge in [-0.25, -0.2) is 4.98 Å². The van der Waals surface area contributed by atoms with Gasteiger partial charge in [0.1, 0.15) is 5.65 Å². The van der Waals surface area contributed by atoms with Crippen LogP contribution in [0.15, 0.2) is 140 Å². The molecule has 4 heterocycles. The molecule has 4 nitrogen and oxygen atoms in total. The van der Waals surface area contributed by atoms with Crippen LogP contribution in [-0.2, 0) is 11.8 Å². The zero-order chi connectivity index (χ0) is 27.8. The maximum absolute atomic E-state index is 6.92. The van der Waals surface area contributed by atoms with Crippen molar-refractivity contribution in [2.75, 3.05) is 0 Å². The molecule has 9 rings (SSSR count). The number of benzene rings is 5. The van der Waals surface area contributed by atoms with Gasteiger partial charge in [-0.05, 0) is 53.9 Å². The molecule has 4 aromatic heterocycles. The fraction of sp³-hybridized carbons (Fsp3) is 0. The number of fused-ring (bicyclic) bond motifs is 11. The van der Waals surface area contributed by atoms with Gasteiger partial charge in [-0.1, -0.05) is 90.7 Å². The molecule has 0 aliphatic carbocycles. The molecule has 6 heteroatoms. The Morgan fingerprint density at radius 1 is 0.500 bits per heavy atom. The summed E-state index contributed by atoms with van der Waals surface area (Å²) in [6.07, 6.45) is 1.10. The second kappa shape index (κ2) is 8.83. The number of hydrogen-bond acceptors (Lipinski definition) is 3. The Bertz CT molecular complexity index is 2510. The molecule has 0 saturated carbocycles. The first-order valence-electron chi connectivity index (χ1n) is 14.0. The molecule has 0 saturated heterocycles. The summed E-state index contributed by atoms with van der Waals surface area (Å²) in [6, 6.07) is 45.2. The minimum absolute atomic E-state index is 0.943. The molecule has 0 aliphatic heterocycles. The monoisotopic (exact) mass is 574 g/mol. The fourth-order valence-electron chi connectivity index (χ4n) is 6.62. The van der Waals surface area contributed by atoms with Crippen LogP contribution < -0.4 is 10.6 Å². The summed E-state index contributed by atoms with van der Waals surface area (Å²) in [7, 11) is 0. The standard InChI is InChI=1S/C36H23N4PS/c42-41(24-19-21-37-22-20-24,40-33-15-7-4-11-28(33)29-12-5-8-16-34(29)40)25-17-18-35-31(23-25)38-36-30-13-2-1-9-26(30)27-10-3-6-14-32(27)39(35)36/h1-23H. The first kappa shape index (κ1) is 23.8. The third-order valence-electron chi connectivity index (χ3n) is 8.44. The Morgan fingerprint density at radius 3 is 1.71 bits per heavy atom. The van der Waals surface area contributed by atoms with Crippen molar-refractivity contribution in [3.8, 4) is 0 Å². The van der Waals surface area contributed by atoms with Gasteiger partial charge in [-0.15, -0.1) is 0 Å². The van der Waals surface area contributed by atoms with Crippen LogP contribution in [0.2, 0.25) is 0 Å². The van der Waals surface area contributed by atoms with Crippen molar-refractivity contribution in [1.82, 2.24) is 18.7 Å². The van der Waals surface area contributed by atoms with E-state index in [0.717, 1.165) is 49.2 Å². The average molecular weight is 575 g/mol. The lowest BCUT2D eigenvalue weighted by atomic mass is 10.1. The van der Waals surface area contributed by atoms with E-state index in [-0.39, 0.29) is 0 Å². The maximum Gasteiger partial charge on any atom is 0.146 e. The minimum Gasteiger partial charge on any atom is -0.304 e. The highest BCUT2D eigenvalue weighted by molar-refractivity contribution is 8.21. The van der Waals surface area contributed by atoms with Gasteiger partial charge in [-0.3, -0.25) is 9.38 Å². The van der Waals surface area contributed by atoms with E-state index >= 15 is 0 Å². The van der Waals surface area contributed by atoms with Gasteiger partial charge in [0.2, 0.25) is 0 Å². The zero-order valence-corrected chi connectivity index (χ0v) is 24.1. The summed E-state index contributed by atoms with van der Waals surface area (Å²) in [6.45, 7) is 0. The molecular weight excluding hydrogens is 551 g/mol. The van der Waals surface area contributed by atoms with E-state index < -0.39 is 6.19 Å². The quantitative estimate of drug-likeness (QED) is 0.158. The predicted molar refractivity (Wildman–Crippen MR) is 180 cm³/mol. The largest absolute Gasteiger partial charge is 0.304 e. The van der Waals surface area contributed by atoms with Crippen molar-refractivity contribution in [2.24, 2.45) is 0 Å². The van der Waals surface area contributed by atoms with E-state index in [4.69, 9.17) is 16.8 Å². The minimum atomic E-state index is -2.60. The Balaban J connectivity index is 1.41. The van der Waals surface area contributed by atoms with Gasteiger partial charge in [-0.2, -0.15) is 0 Å².